The molecule has 1 aliphatic heterocycles. The van der Waals surface area contributed by atoms with Crippen LogP contribution in [0, 0.1) is 17.7 Å². The first kappa shape index (κ1) is 13.2. The number of anilines is 1. The van der Waals surface area contributed by atoms with Gasteiger partial charge in [-0.1, -0.05) is 19.1 Å². The molecule has 1 aromatic carbocycles. The van der Waals surface area contributed by atoms with E-state index in [9.17, 15) is 18.8 Å². The third kappa shape index (κ3) is 2.19. The number of nitrogens with zero attached hydrogens (tertiary/aromatic N) is 1. The highest BCUT2D eigenvalue weighted by molar-refractivity contribution is 6.17. The molecule has 19 heavy (non-hydrogen) atoms. The van der Waals surface area contributed by atoms with Gasteiger partial charge in [-0.3, -0.25) is 14.4 Å². The molecule has 100 valence electrons. The van der Waals surface area contributed by atoms with Gasteiger partial charge in [-0.05, 0) is 12.1 Å². The lowest BCUT2D eigenvalue weighted by Gasteiger charge is -2.12. The second kappa shape index (κ2) is 4.77. The molecule has 1 saturated heterocycles. The van der Waals surface area contributed by atoms with Crippen LogP contribution >= 0.6 is 0 Å². The van der Waals surface area contributed by atoms with E-state index in [0.717, 1.165) is 0 Å². The molecule has 2 rings (SSSR count). The van der Waals surface area contributed by atoms with Gasteiger partial charge < -0.3 is 5.32 Å². The largest absolute Gasteiger partial charge is 0.323 e. The Morgan fingerprint density at radius 2 is 1.95 bits per heavy atom. The third-order valence-corrected chi connectivity index (χ3v) is 3.04. The Hall–Kier alpha value is -2.28. The lowest BCUT2D eigenvalue weighted by atomic mass is 9.96. The second-order valence-electron chi connectivity index (χ2n) is 4.28. The molecule has 3 amide bonds. The number of rotatable bonds is 2. The van der Waals surface area contributed by atoms with Crippen molar-refractivity contribution in [3.8, 4) is 0 Å². The molecule has 0 aliphatic carbocycles. The zero-order valence-corrected chi connectivity index (χ0v) is 10.1. The Labute approximate surface area is 108 Å². The van der Waals surface area contributed by atoms with Crippen LogP contribution in [0.3, 0.4) is 0 Å². The van der Waals surface area contributed by atoms with E-state index >= 15 is 0 Å². The van der Waals surface area contributed by atoms with Gasteiger partial charge >= 0.3 is 0 Å². The maximum Gasteiger partial charge on any atom is 0.256 e. The summed E-state index contributed by atoms with van der Waals surface area (Å²) in [4.78, 5) is 35.1. The van der Waals surface area contributed by atoms with Crippen molar-refractivity contribution in [1.82, 2.24) is 5.01 Å². The number of carbonyl (C=O) groups is 3. The summed E-state index contributed by atoms with van der Waals surface area (Å²) >= 11 is 0. The summed E-state index contributed by atoms with van der Waals surface area (Å²) in [5, 5.41) is 2.71. The van der Waals surface area contributed by atoms with Gasteiger partial charge in [-0.25, -0.2) is 15.2 Å². The molecule has 0 bridgehead atoms. The SMILES string of the molecule is CC1C(=O)N(N)C(=O)C1C(=O)Nc1ccccc1F. The van der Waals surface area contributed by atoms with E-state index in [1.165, 1.54) is 25.1 Å². The van der Waals surface area contributed by atoms with Crippen molar-refractivity contribution in [3.05, 3.63) is 30.1 Å². The van der Waals surface area contributed by atoms with Crippen LogP contribution in [0.25, 0.3) is 0 Å². The second-order valence-corrected chi connectivity index (χ2v) is 4.28. The first-order chi connectivity index (χ1) is 8.93. The number of benzene rings is 1. The highest BCUT2D eigenvalue weighted by Gasteiger charge is 2.48. The average molecular weight is 265 g/mol. The number of amides is 3. The number of nitrogens with one attached hydrogen (secondary N) is 1. The van der Waals surface area contributed by atoms with E-state index in [-0.39, 0.29) is 5.69 Å². The van der Waals surface area contributed by atoms with Crippen LogP contribution in [-0.2, 0) is 14.4 Å². The van der Waals surface area contributed by atoms with Crippen molar-refractivity contribution in [2.75, 3.05) is 5.32 Å². The molecule has 0 radical (unpaired) electrons. The van der Waals surface area contributed by atoms with Crippen LogP contribution in [-0.4, -0.2) is 22.7 Å². The molecule has 1 heterocycles. The fourth-order valence-corrected chi connectivity index (χ4v) is 1.95. The molecule has 0 aromatic heterocycles. The molecular weight excluding hydrogens is 253 g/mol. The summed E-state index contributed by atoms with van der Waals surface area (Å²) < 4.78 is 13.4. The zero-order valence-electron chi connectivity index (χ0n) is 10.1. The van der Waals surface area contributed by atoms with Gasteiger partial charge in [-0.15, -0.1) is 0 Å². The summed E-state index contributed by atoms with van der Waals surface area (Å²) in [6.45, 7) is 1.43. The fraction of sp³-hybridized carbons (Fsp3) is 0.250. The summed E-state index contributed by atoms with van der Waals surface area (Å²) in [6, 6.07) is 5.55. The maximum atomic E-state index is 13.4. The molecule has 1 aromatic rings. The minimum Gasteiger partial charge on any atom is -0.323 e. The third-order valence-electron chi connectivity index (χ3n) is 3.04. The van der Waals surface area contributed by atoms with E-state index in [0.29, 0.717) is 5.01 Å². The minimum atomic E-state index is -1.22. The van der Waals surface area contributed by atoms with E-state index in [1.54, 1.807) is 6.07 Å². The molecule has 2 atom stereocenters. The summed E-state index contributed by atoms with van der Waals surface area (Å²) in [7, 11) is 0. The monoisotopic (exact) mass is 265 g/mol. The Morgan fingerprint density at radius 3 is 2.47 bits per heavy atom. The number of hydrogen-bond acceptors (Lipinski definition) is 4. The molecule has 0 saturated carbocycles. The summed E-state index contributed by atoms with van der Waals surface area (Å²) in [5.74, 6) is 0.383. The highest BCUT2D eigenvalue weighted by Crippen LogP contribution is 2.25. The van der Waals surface area contributed by atoms with Crippen molar-refractivity contribution in [3.63, 3.8) is 0 Å². The van der Waals surface area contributed by atoms with Crippen LogP contribution < -0.4 is 11.2 Å². The van der Waals surface area contributed by atoms with Crippen molar-refractivity contribution in [1.29, 1.82) is 0 Å². The van der Waals surface area contributed by atoms with Crippen molar-refractivity contribution < 1.29 is 18.8 Å². The zero-order chi connectivity index (χ0) is 14.2. The van der Waals surface area contributed by atoms with Crippen LogP contribution in [0.1, 0.15) is 6.92 Å². The number of carbonyl (C=O) groups excluding carboxylic acids is 3. The molecule has 1 fully saturated rings. The molecule has 3 N–H and O–H groups in total. The highest BCUT2D eigenvalue weighted by atomic mass is 19.1. The van der Waals surface area contributed by atoms with Gasteiger partial charge in [0.15, 0.2) is 0 Å². The number of para-hydroxylation sites is 1. The smallest absolute Gasteiger partial charge is 0.256 e. The number of hydrogen-bond donors (Lipinski definition) is 2. The molecule has 0 spiro atoms. The van der Waals surface area contributed by atoms with Crippen LogP contribution in [0.5, 0.6) is 0 Å². The van der Waals surface area contributed by atoms with Crippen LogP contribution in [0.2, 0.25) is 0 Å². The first-order valence-corrected chi connectivity index (χ1v) is 5.61. The summed E-state index contributed by atoms with van der Waals surface area (Å²) in [6.07, 6.45) is 0. The van der Waals surface area contributed by atoms with Crippen LogP contribution in [0.4, 0.5) is 10.1 Å². The van der Waals surface area contributed by atoms with Gasteiger partial charge in [0, 0.05) is 0 Å². The quantitative estimate of drug-likeness (QED) is 0.347. The Kier molecular flexibility index (Phi) is 3.30. The number of halogens is 1. The number of nitrogens with two attached hydrogens (primary N) is 1. The molecule has 1 aliphatic rings. The minimum absolute atomic E-state index is 0.0459. The maximum absolute atomic E-state index is 13.4. The van der Waals surface area contributed by atoms with E-state index < -0.39 is 35.4 Å². The normalized spacial score (nSPS) is 22.8. The number of imide groups is 1. The average Bonchev–Trinajstić information content (AvgIpc) is 2.57. The lowest BCUT2D eigenvalue weighted by molar-refractivity contribution is -0.140. The van der Waals surface area contributed by atoms with Gasteiger partial charge in [0.1, 0.15) is 11.7 Å². The Morgan fingerprint density at radius 1 is 1.32 bits per heavy atom. The Bertz CT molecular complexity index is 561. The standard InChI is InChI=1S/C12H12FN3O3/c1-6-9(12(19)16(14)11(6)18)10(17)15-8-5-3-2-4-7(8)13/h2-6,9H,14H2,1H3,(H,15,17). The van der Waals surface area contributed by atoms with Gasteiger partial charge in [-0.2, -0.15) is 0 Å². The van der Waals surface area contributed by atoms with Gasteiger partial charge in [0.05, 0.1) is 11.6 Å². The Balaban J connectivity index is 2.20. The molecule has 6 nitrogen and oxygen atoms in total. The predicted molar refractivity (Wildman–Crippen MR) is 63.7 cm³/mol. The molecular formula is C12H12FN3O3. The fourth-order valence-electron chi connectivity index (χ4n) is 1.95. The molecule has 7 heteroatoms. The predicted octanol–water partition coefficient (Wildman–Crippen LogP) is 0.259. The van der Waals surface area contributed by atoms with Crippen LogP contribution in [0.15, 0.2) is 24.3 Å². The van der Waals surface area contributed by atoms with Gasteiger partial charge in [0.25, 0.3) is 5.91 Å². The van der Waals surface area contributed by atoms with Crippen molar-refractivity contribution in [2.24, 2.45) is 17.7 Å². The van der Waals surface area contributed by atoms with Gasteiger partial charge in [0.2, 0.25) is 11.8 Å². The van der Waals surface area contributed by atoms with Crippen molar-refractivity contribution in [2.45, 2.75) is 6.92 Å². The summed E-state index contributed by atoms with van der Waals surface area (Å²) in [5.41, 5.74) is -0.0459. The van der Waals surface area contributed by atoms with Crippen molar-refractivity contribution >= 4 is 23.4 Å². The van der Waals surface area contributed by atoms with E-state index in [1.807, 2.05) is 0 Å². The lowest BCUT2D eigenvalue weighted by Crippen LogP contribution is -2.39. The topological polar surface area (TPSA) is 92.5 Å². The first-order valence-electron chi connectivity index (χ1n) is 5.61. The van der Waals surface area contributed by atoms with E-state index in [4.69, 9.17) is 5.84 Å². The number of hydrazine groups is 1. The van der Waals surface area contributed by atoms with E-state index in [2.05, 4.69) is 5.32 Å². The molecule has 2 unspecified atom stereocenters.